The summed E-state index contributed by atoms with van der Waals surface area (Å²) in [5.41, 5.74) is 1.36. The minimum atomic E-state index is -0.355. The summed E-state index contributed by atoms with van der Waals surface area (Å²) >= 11 is 13.2. The van der Waals surface area contributed by atoms with Gasteiger partial charge < -0.3 is 10.4 Å². The molecule has 5 nitrogen and oxygen atoms in total. The zero-order valence-electron chi connectivity index (χ0n) is 12.6. The van der Waals surface area contributed by atoms with Crippen molar-refractivity contribution in [1.82, 2.24) is 10.2 Å². The molecule has 0 unspecified atom stereocenters. The van der Waals surface area contributed by atoms with Gasteiger partial charge in [-0.2, -0.15) is 0 Å². The van der Waals surface area contributed by atoms with Gasteiger partial charge in [-0.1, -0.05) is 58.8 Å². The van der Waals surface area contributed by atoms with Gasteiger partial charge in [-0.15, -0.1) is 10.2 Å². The van der Waals surface area contributed by atoms with Crippen LogP contribution in [-0.4, -0.2) is 21.2 Å². The van der Waals surface area contributed by atoms with Gasteiger partial charge in [0.25, 0.3) is 5.91 Å². The number of benzene rings is 2. The zero-order chi connectivity index (χ0) is 17.8. The summed E-state index contributed by atoms with van der Waals surface area (Å²) in [7, 11) is 0. The Hall–Kier alpha value is -2.41. The molecule has 0 fully saturated rings. The third-order valence-electron chi connectivity index (χ3n) is 3.12. The molecule has 2 N–H and O–H groups in total. The highest BCUT2D eigenvalue weighted by atomic mass is 35.5. The third kappa shape index (κ3) is 4.36. The highest BCUT2D eigenvalue weighted by Gasteiger charge is 2.15. The topological polar surface area (TPSA) is 75.1 Å². The van der Waals surface area contributed by atoms with Crippen molar-refractivity contribution in [3.8, 4) is 5.75 Å². The lowest BCUT2D eigenvalue weighted by molar-refractivity contribution is 0.102. The van der Waals surface area contributed by atoms with E-state index in [0.29, 0.717) is 21.3 Å². The van der Waals surface area contributed by atoms with E-state index in [0.717, 1.165) is 11.3 Å². The molecular weight excluding hydrogens is 381 g/mol. The van der Waals surface area contributed by atoms with Crippen LogP contribution in [0.2, 0.25) is 5.02 Å². The van der Waals surface area contributed by atoms with Crippen LogP contribution in [0.5, 0.6) is 5.75 Å². The Bertz CT molecular complexity index is 942. The number of nitrogens with one attached hydrogen (secondary N) is 1. The summed E-state index contributed by atoms with van der Waals surface area (Å²) in [5.74, 6) is -0.363. The van der Waals surface area contributed by atoms with Gasteiger partial charge in [0, 0.05) is 5.69 Å². The van der Waals surface area contributed by atoms with E-state index < -0.39 is 0 Å². The number of phenolic OH excluding ortho intramolecular Hbond substituents is 1. The maximum Gasteiger partial charge on any atom is 0.286 e. The summed E-state index contributed by atoms with van der Waals surface area (Å²) in [4.78, 5) is 12.2. The van der Waals surface area contributed by atoms with Gasteiger partial charge in [-0.05, 0) is 35.9 Å². The molecule has 2 aromatic carbocycles. The molecule has 0 atom stereocenters. The van der Waals surface area contributed by atoms with Crippen LogP contribution < -0.4 is 5.32 Å². The fourth-order valence-corrected chi connectivity index (χ4v) is 3.05. The van der Waals surface area contributed by atoms with Crippen LogP contribution in [0, 0.1) is 0 Å². The molecule has 25 heavy (non-hydrogen) atoms. The molecule has 126 valence electrons. The molecule has 8 heteroatoms. The second-order valence-corrected chi connectivity index (χ2v) is 6.73. The maximum atomic E-state index is 12.2. The molecule has 0 saturated heterocycles. The number of rotatable bonds is 4. The van der Waals surface area contributed by atoms with E-state index in [1.54, 1.807) is 30.3 Å². The third-order valence-corrected chi connectivity index (χ3v) is 4.78. The lowest BCUT2D eigenvalue weighted by Gasteiger charge is -2.00. The Labute approximate surface area is 157 Å². The molecule has 1 heterocycles. The minimum absolute atomic E-state index is 0.00859. The van der Waals surface area contributed by atoms with Crippen molar-refractivity contribution in [1.29, 1.82) is 0 Å². The van der Waals surface area contributed by atoms with Crippen LogP contribution in [0.15, 0.2) is 48.5 Å². The number of carbonyl (C=O) groups is 1. The van der Waals surface area contributed by atoms with Crippen LogP contribution >= 0.6 is 34.5 Å². The quantitative estimate of drug-likeness (QED) is 0.663. The SMILES string of the molecule is O=C(Nc1ccccc1)c1nnc(C(Cl)=Cc2ccc(O)c(Cl)c2)s1. The largest absolute Gasteiger partial charge is 0.506 e. The van der Waals surface area contributed by atoms with Crippen molar-refractivity contribution in [2.75, 3.05) is 5.32 Å². The van der Waals surface area contributed by atoms with Crippen molar-refractivity contribution < 1.29 is 9.90 Å². The first kappa shape index (κ1) is 17.4. The minimum Gasteiger partial charge on any atom is -0.506 e. The predicted octanol–water partition coefficient (Wildman–Crippen LogP) is 4.89. The van der Waals surface area contributed by atoms with Gasteiger partial charge in [-0.25, -0.2) is 0 Å². The number of para-hydroxylation sites is 1. The molecule has 3 aromatic rings. The maximum absolute atomic E-state index is 12.2. The molecule has 0 spiro atoms. The molecule has 0 aliphatic carbocycles. The van der Waals surface area contributed by atoms with Gasteiger partial charge in [0.2, 0.25) is 5.01 Å². The monoisotopic (exact) mass is 391 g/mol. The predicted molar refractivity (Wildman–Crippen MR) is 101 cm³/mol. The number of aromatic hydroxyl groups is 1. The lowest BCUT2D eigenvalue weighted by Crippen LogP contribution is -2.11. The summed E-state index contributed by atoms with van der Waals surface area (Å²) in [5, 5.41) is 21.1. The van der Waals surface area contributed by atoms with Crippen molar-refractivity contribution in [2.24, 2.45) is 0 Å². The first-order chi connectivity index (χ1) is 12.0. The average Bonchev–Trinajstić information content (AvgIpc) is 3.09. The van der Waals surface area contributed by atoms with Crippen LogP contribution in [0.1, 0.15) is 20.4 Å². The smallest absolute Gasteiger partial charge is 0.286 e. The molecule has 3 rings (SSSR count). The first-order valence-corrected chi connectivity index (χ1v) is 8.66. The van der Waals surface area contributed by atoms with E-state index in [9.17, 15) is 9.90 Å². The Kier molecular flexibility index (Phi) is 5.33. The van der Waals surface area contributed by atoms with Gasteiger partial charge in [0.1, 0.15) is 5.75 Å². The fourth-order valence-electron chi connectivity index (χ4n) is 1.94. The van der Waals surface area contributed by atoms with E-state index >= 15 is 0 Å². The summed E-state index contributed by atoms with van der Waals surface area (Å²) < 4.78 is 0. The molecule has 0 radical (unpaired) electrons. The molecule has 1 aromatic heterocycles. The molecule has 0 saturated carbocycles. The van der Waals surface area contributed by atoms with E-state index in [-0.39, 0.29) is 21.7 Å². The Morgan fingerprint density at radius 1 is 1.12 bits per heavy atom. The Morgan fingerprint density at radius 2 is 1.84 bits per heavy atom. The number of halogens is 2. The van der Waals surface area contributed by atoms with E-state index in [1.165, 1.54) is 6.07 Å². The molecule has 0 aliphatic heterocycles. The van der Waals surface area contributed by atoms with Crippen LogP contribution in [0.25, 0.3) is 11.1 Å². The molecule has 0 bridgehead atoms. The van der Waals surface area contributed by atoms with Crippen molar-refractivity contribution in [2.45, 2.75) is 0 Å². The van der Waals surface area contributed by atoms with Crippen molar-refractivity contribution in [3.05, 3.63) is 69.1 Å². The number of anilines is 1. The van der Waals surface area contributed by atoms with Crippen molar-refractivity contribution in [3.63, 3.8) is 0 Å². The highest BCUT2D eigenvalue weighted by Crippen LogP contribution is 2.29. The number of aromatic nitrogens is 2. The van der Waals surface area contributed by atoms with Crippen LogP contribution in [0.4, 0.5) is 5.69 Å². The van der Waals surface area contributed by atoms with E-state index in [4.69, 9.17) is 23.2 Å². The molecular formula is C17H11Cl2N3O2S. The molecule has 1 amide bonds. The Morgan fingerprint density at radius 3 is 2.56 bits per heavy atom. The lowest BCUT2D eigenvalue weighted by atomic mass is 10.2. The number of carbonyl (C=O) groups excluding carboxylic acids is 1. The second kappa shape index (κ2) is 7.65. The summed E-state index contributed by atoms with van der Waals surface area (Å²) in [6.45, 7) is 0. The zero-order valence-corrected chi connectivity index (χ0v) is 14.9. The molecule has 0 aliphatic rings. The van der Waals surface area contributed by atoms with Gasteiger partial charge in [0.05, 0.1) is 10.1 Å². The van der Waals surface area contributed by atoms with E-state index in [2.05, 4.69) is 15.5 Å². The van der Waals surface area contributed by atoms with E-state index in [1.807, 2.05) is 18.2 Å². The number of hydrogen-bond donors (Lipinski definition) is 2. The normalized spacial score (nSPS) is 11.4. The van der Waals surface area contributed by atoms with Gasteiger partial charge in [-0.3, -0.25) is 4.79 Å². The number of hydrogen-bond acceptors (Lipinski definition) is 5. The van der Waals surface area contributed by atoms with Gasteiger partial charge in [0.15, 0.2) is 5.01 Å². The summed E-state index contributed by atoms with van der Waals surface area (Å²) in [6.07, 6.45) is 1.63. The van der Waals surface area contributed by atoms with Crippen LogP contribution in [-0.2, 0) is 0 Å². The second-order valence-electron chi connectivity index (χ2n) is 4.94. The first-order valence-electron chi connectivity index (χ1n) is 7.09. The highest BCUT2D eigenvalue weighted by molar-refractivity contribution is 7.15. The number of amides is 1. The van der Waals surface area contributed by atoms with Crippen LogP contribution in [0.3, 0.4) is 0 Å². The standard InChI is InChI=1S/C17H11Cl2N3O2S/c18-12-8-10(6-7-14(12)23)9-13(19)16-21-22-17(25-16)15(24)20-11-4-2-1-3-5-11/h1-9,23H,(H,20,24). The van der Waals surface area contributed by atoms with Gasteiger partial charge >= 0.3 is 0 Å². The number of nitrogens with zero attached hydrogens (tertiary/aromatic N) is 2. The summed E-state index contributed by atoms with van der Waals surface area (Å²) in [6, 6.07) is 13.8. The number of phenols is 1. The average molecular weight is 392 g/mol. The van der Waals surface area contributed by atoms with Crippen molar-refractivity contribution >= 4 is 57.2 Å². The Balaban J connectivity index is 1.77. The fraction of sp³-hybridized carbons (Fsp3) is 0.